The summed E-state index contributed by atoms with van der Waals surface area (Å²) in [6.45, 7) is 0.994. The Hall–Kier alpha value is -0.710. The molecule has 2 nitrogen and oxygen atoms in total. The number of benzene rings is 1. The molecule has 1 heterocycles. The van der Waals surface area contributed by atoms with E-state index in [2.05, 4.69) is 78.6 Å². The second-order valence-corrected chi connectivity index (χ2v) is 6.76. The van der Waals surface area contributed by atoms with E-state index in [4.69, 9.17) is 0 Å². The number of rotatable bonds is 6. The third kappa shape index (κ3) is 5.00. The molecule has 2 rings (SSSR count). The maximum Gasteiger partial charge on any atom is 0.0413 e. The van der Waals surface area contributed by atoms with Crippen LogP contribution in [0.2, 0.25) is 0 Å². The molecule has 1 unspecified atom stereocenters. The van der Waals surface area contributed by atoms with E-state index in [0.717, 1.165) is 34.0 Å². The van der Waals surface area contributed by atoms with Crippen LogP contribution in [0.3, 0.4) is 0 Å². The van der Waals surface area contributed by atoms with Gasteiger partial charge >= 0.3 is 0 Å². The number of pyridine rings is 1. The normalized spacial score (nSPS) is 12.3. The van der Waals surface area contributed by atoms with Crippen molar-refractivity contribution < 1.29 is 0 Å². The van der Waals surface area contributed by atoms with Crippen molar-refractivity contribution in [1.29, 1.82) is 0 Å². The number of nitrogens with zero attached hydrogens (tertiary/aromatic N) is 1. The molecular formula is C16H18Br2N2. The second-order valence-electron chi connectivity index (χ2n) is 4.93. The first kappa shape index (κ1) is 15.7. The Morgan fingerprint density at radius 2 is 1.70 bits per heavy atom. The maximum atomic E-state index is 4.47. The number of hydrogen-bond acceptors (Lipinski definition) is 2. The lowest BCUT2D eigenvalue weighted by Gasteiger charge is -2.16. The topological polar surface area (TPSA) is 24.9 Å². The Balaban J connectivity index is 2.02. The first-order valence-corrected chi connectivity index (χ1v) is 8.25. The number of aromatic nitrogens is 1. The zero-order chi connectivity index (χ0) is 14.4. The minimum absolute atomic E-state index is 0.551. The SMILES string of the molecule is CNCC(Cc1ccc(Br)cc1)Cc1ccc(Br)cn1. The molecule has 20 heavy (non-hydrogen) atoms. The quantitative estimate of drug-likeness (QED) is 0.788. The van der Waals surface area contributed by atoms with Crippen LogP contribution >= 0.6 is 31.9 Å². The van der Waals surface area contributed by atoms with Gasteiger partial charge in [-0.25, -0.2) is 0 Å². The van der Waals surface area contributed by atoms with Crippen molar-refractivity contribution in [3.63, 3.8) is 0 Å². The van der Waals surface area contributed by atoms with Crippen LogP contribution < -0.4 is 5.32 Å². The number of hydrogen-bond donors (Lipinski definition) is 1. The molecule has 0 radical (unpaired) electrons. The highest BCUT2D eigenvalue weighted by Crippen LogP contribution is 2.17. The van der Waals surface area contributed by atoms with Crippen molar-refractivity contribution in [2.45, 2.75) is 12.8 Å². The van der Waals surface area contributed by atoms with Crippen LogP contribution in [0.25, 0.3) is 0 Å². The first-order chi connectivity index (χ1) is 9.67. The molecule has 0 aliphatic rings. The lowest BCUT2D eigenvalue weighted by molar-refractivity contribution is 0.488. The van der Waals surface area contributed by atoms with Gasteiger partial charge in [0.2, 0.25) is 0 Å². The highest BCUT2D eigenvalue weighted by molar-refractivity contribution is 9.10. The van der Waals surface area contributed by atoms with Crippen LogP contribution in [-0.2, 0) is 12.8 Å². The smallest absolute Gasteiger partial charge is 0.0413 e. The predicted octanol–water partition coefficient (Wildman–Crippen LogP) is 4.23. The third-order valence-electron chi connectivity index (χ3n) is 3.22. The average Bonchev–Trinajstić information content (AvgIpc) is 2.44. The van der Waals surface area contributed by atoms with Crippen LogP contribution in [0.1, 0.15) is 11.3 Å². The largest absolute Gasteiger partial charge is 0.319 e. The summed E-state index contributed by atoms with van der Waals surface area (Å²) in [4.78, 5) is 4.47. The van der Waals surface area contributed by atoms with Gasteiger partial charge in [0.1, 0.15) is 0 Å². The molecule has 1 aromatic carbocycles. The molecule has 0 saturated heterocycles. The maximum absolute atomic E-state index is 4.47. The molecule has 4 heteroatoms. The summed E-state index contributed by atoms with van der Waals surface area (Å²) in [5.74, 6) is 0.551. The fraction of sp³-hybridized carbons (Fsp3) is 0.312. The van der Waals surface area contributed by atoms with Gasteiger partial charge in [-0.3, -0.25) is 4.98 Å². The monoisotopic (exact) mass is 396 g/mol. The Morgan fingerprint density at radius 1 is 1.00 bits per heavy atom. The predicted molar refractivity (Wildman–Crippen MR) is 90.9 cm³/mol. The number of nitrogens with one attached hydrogen (secondary N) is 1. The average molecular weight is 398 g/mol. The molecule has 0 aliphatic heterocycles. The van der Waals surface area contributed by atoms with Gasteiger partial charge in [-0.1, -0.05) is 28.1 Å². The van der Waals surface area contributed by atoms with E-state index in [0.29, 0.717) is 5.92 Å². The van der Waals surface area contributed by atoms with Crippen LogP contribution in [0.15, 0.2) is 51.5 Å². The van der Waals surface area contributed by atoms with Crippen molar-refractivity contribution in [3.8, 4) is 0 Å². The molecule has 1 N–H and O–H groups in total. The molecule has 0 amide bonds. The molecule has 0 fully saturated rings. The van der Waals surface area contributed by atoms with Crippen LogP contribution in [0.5, 0.6) is 0 Å². The van der Waals surface area contributed by atoms with Crippen LogP contribution in [-0.4, -0.2) is 18.6 Å². The standard InChI is InChI=1S/C16H18Br2N2/c1-19-10-13(8-12-2-4-14(17)5-3-12)9-16-7-6-15(18)11-20-16/h2-7,11,13,19H,8-10H2,1H3. The molecule has 0 saturated carbocycles. The molecule has 1 atom stereocenters. The highest BCUT2D eigenvalue weighted by Gasteiger charge is 2.11. The van der Waals surface area contributed by atoms with E-state index in [-0.39, 0.29) is 0 Å². The summed E-state index contributed by atoms with van der Waals surface area (Å²) < 4.78 is 2.15. The van der Waals surface area contributed by atoms with Crippen LogP contribution in [0.4, 0.5) is 0 Å². The summed E-state index contributed by atoms with van der Waals surface area (Å²) in [5.41, 5.74) is 2.51. The summed E-state index contributed by atoms with van der Waals surface area (Å²) in [6.07, 6.45) is 3.92. The lowest BCUT2D eigenvalue weighted by atomic mass is 9.94. The van der Waals surface area contributed by atoms with E-state index in [1.165, 1.54) is 5.56 Å². The Morgan fingerprint density at radius 3 is 2.30 bits per heavy atom. The van der Waals surface area contributed by atoms with Crippen molar-refractivity contribution in [3.05, 3.63) is 62.8 Å². The summed E-state index contributed by atoms with van der Waals surface area (Å²) in [6, 6.07) is 12.7. The first-order valence-electron chi connectivity index (χ1n) is 6.67. The third-order valence-corrected chi connectivity index (χ3v) is 4.21. The zero-order valence-electron chi connectivity index (χ0n) is 11.4. The van der Waals surface area contributed by atoms with Gasteiger partial charge in [-0.15, -0.1) is 0 Å². The Kier molecular flexibility index (Phi) is 6.20. The van der Waals surface area contributed by atoms with Gasteiger partial charge in [0, 0.05) is 20.8 Å². The van der Waals surface area contributed by atoms with E-state index in [1.807, 2.05) is 13.2 Å². The Bertz CT molecular complexity index is 476. The molecule has 106 valence electrons. The molecule has 0 spiro atoms. The lowest BCUT2D eigenvalue weighted by Crippen LogP contribution is -2.23. The van der Waals surface area contributed by atoms with Crippen molar-refractivity contribution in [2.24, 2.45) is 5.92 Å². The fourth-order valence-electron chi connectivity index (χ4n) is 2.28. The van der Waals surface area contributed by atoms with Gasteiger partial charge in [0.25, 0.3) is 0 Å². The van der Waals surface area contributed by atoms with E-state index in [1.54, 1.807) is 0 Å². The van der Waals surface area contributed by atoms with E-state index < -0.39 is 0 Å². The van der Waals surface area contributed by atoms with E-state index >= 15 is 0 Å². The molecule has 1 aromatic heterocycles. The second kappa shape index (κ2) is 7.91. The highest BCUT2D eigenvalue weighted by atomic mass is 79.9. The fourth-order valence-corrected chi connectivity index (χ4v) is 2.78. The minimum Gasteiger partial charge on any atom is -0.319 e. The van der Waals surface area contributed by atoms with Crippen LogP contribution in [0, 0.1) is 5.92 Å². The molecule has 0 bridgehead atoms. The summed E-state index contributed by atoms with van der Waals surface area (Å²) >= 11 is 6.90. The van der Waals surface area contributed by atoms with Gasteiger partial charge in [-0.05, 0) is 78.1 Å². The van der Waals surface area contributed by atoms with Gasteiger partial charge in [0.05, 0.1) is 0 Å². The van der Waals surface area contributed by atoms with E-state index in [9.17, 15) is 0 Å². The van der Waals surface area contributed by atoms with Gasteiger partial charge < -0.3 is 5.32 Å². The van der Waals surface area contributed by atoms with Crippen molar-refractivity contribution in [1.82, 2.24) is 10.3 Å². The van der Waals surface area contributed by atoms with Crippen molar-refractivity contribution in [2.75, 3.05) is 13.6 Å². The van der Waals surface area contributed by atoms with Gasteiger partial charge in [-0.2, -0.15) is 0 Å². The molecule has 2 aromatic rings. The zero-order valence-corrected chi connectivity index (χ0v) is 14.6. The Labute approximate surface area is 137 Å². The molecule has 0 aliphatic carbocycles. The minimum atomic E-state index is 0.551. The van der Waals surface area contributed by atoms with Gasteiger partial charge in [0.15, 0.2) is 0 Å². The summed E-state index contributed by atoms with van der Waals surface area (Å²) in [5, 5.41) is 3.28. The molecular weight excluding hydrogens is 380 g/mol. The van der Waals surface area contributed by atoms with Crippen molar-refractivity contribution >= 4 is 31.9 Å². The number of halogens is 2. The summed E-state index contributed by atoms with van der Waals surface area (Å²) in [7, 11) is 2.00.